The first-order chi connectivity index (χ1) is 6.68. The van der Waals surface area contributed by atoms with Gasteiger partial charge in [-0.2, -0.15) is 11.8 Å². The second kappa shape index (κ2) is 6.64. The molecular formula is C10H20N2S2. The zero-order valence-corrected chi connectivity index (χ0v) is 10.5. The molecule has 0 spiro atoms. The summed E-state index contributed by atoms with van der Waals surface area (Å²) >= 11 is 6.93. The standard InChI is InChI=1S/C10H20N2S2/c1-9-8-12(6-7-14-9)5-3-2-4-10(11)13/h9H,2-8H2,1H3,(H2,11,13). The quantitative estimate of drug-likeness (QED) is 0.579. The molecule has 0 saturated carbocycles. The van der Waals surface area contributed by atoms with Crippen molar-refractivity contribution in [1.29, 1.82) is 0 Å². The topological polar surface area (TPSA) is 29.3 Å². The molecule has 0 radical (unpaired) electrons. The van der Waals surface area contributed by atoms with E-state index >= 15 is 0 Å². The van der Waals surface area contributed by atoms with Gasteiger partial charge >= 0.3 is 0 Å². The van der Waals surface area contributed by atoms with E-state index in [0.29, 0.717) is 4.99 Å². The molecule has 0 aromatic rings. The van der Waals surface area contributed by atoms with Crippen LogP contribution in [0.15, 0.2) is 0 Å². The van der Waals surface area contributed by atoms with Gasteiger partial charge in [-0.3, -0.25) is 0 Å². The second-order valence-electron chi connectivity index (χ2n) is 3.91. The fourth-order valence-electron chi connectivity index (χ4n) is 1.73. The second-order valence-corrected chi connectivity index (χ2v) is 5.98. The summed E-state index contributed by atoms with van der Waals surface area (Å²) in [6.45, 7) is 6.03. The van der Waals surface area contributed by atoms with E-state index in [-0.39, 0.29) is 0 Å². The monoisotopic (exact) mass is 232 g/mol. The zero-order chi connectivity index (χ0) is 10.4. The molecule has 1 unspecified atom stereocenters. The van der Waals surface area contributed by atoms with E-state index in [1.54, 1.807) is 0 Å². The first-order valence-corrected chi connectivity index (χ1v) is 6.76. The van der Waals surface area contributed by atoms with Crippen LogP contribution in [0.4, 0.5) is 0 Å². The van der Waals surface area contributed by atoms with Gasteiger partial charge < -0.3 is 10.6 Å². The van der Waals surface area contributed by atoms with E-state index in [2.05, 4.69) is 23.6 Å². The molecule has 14 heavy (non-hydrogen) atoms. The summed E-state index contributed by atoms with van der Waals surface area (Å²) in [5.41, 5.74) is 5.45. The van der Waals surface area contributed by atoms with Crippen molar-refractivity contribution in [1.82, 2.24) is 4.90 Å². The highest BCUT2D eigenvalue weighted by molar-refractivity contribution is 7.99. The van der Waals surface area contributed by atoms with E-state index in [1.165, 1.54) is 31.8 Å². The van der Waals surface area contributed by atoms with Crippen LogP contribution in [0.5, 0.6) is 0 Å². The van der Waals surface area contributed by atoms with E-state index in [1.807, 2.05) is 0 Å². The van der Waals surface area contributed by atoms with Crippen LogP contribution >= 0.6 is 24.0 Å². The van der Waals surface area contributed by atoms with Crippen LogP contribution in [0.2, 0.25) is 0 Å². The van der Waals surface area contributed by atoms with Crippen molar-refractivity contribution in [3.8, 4) is 0 Å². The molecule has 1 rings (SSSR count). The molecule has 0 aromatic carbocycles. The van der Waals surface area contributed by atoms with Gasteiger partial charge in [-0.1, -0.05) is 19.1 Å². The highest BCUT2D eigenvalue weighted by Gasteiger charge is 2.15. The molecule has 0 aliphatic carbocycles. The third kappa shape index (κ3) is 5.17. The Morgan fingerprint density at radius 2 is 2.36 bits per heavy atom. The fourth-order valence-corrected chi connectivity index (χ4v) is 2.95. The average molecular weight is 232 g/mol. The Labute approximate surface area is 96.6 Å². The molecule has 1 fully saturated rings. The lowest BCUT2D eigenvalue weighted by atomic mass is 10.2. The Morgan fingerprint density at radius 3 is 3.00 bits per heavy atom. The Kier molecular flexibility index (Phi) is 5.82. The minimum atomic E-state index is 0.660. The molecule has 82 valence electrons. The number of rotatable bonds is 5. The van der Waals surface area contributed by atoms with Crippen LogP contribution in [0.3, 0.4) is 0 Å². The Bertz CT molecular complexity index is 185. The summed E-state index contributed by atoms with van der Waals surface area (Å²) in [7, 11) is 0. The van der Waals surface area contributed by atoms with E-state index < -0.39 is 0 Å². The summed E-state index contributed by atoms with van der Waals surface area (Å²) in [4.78, 5) is 3.22. The Morgan fingerprint density at radius 1 is 1.57 bits per heavy atom. The highest BCUT2D eigenvalue weighted by atomic mass is 32.2. The number of thiocarbonyl (C=S) groups is 1. The van der Waals surface area contributed by atoms with Crippen molar-refractivity contribution in [2.45, 2.75) is 31.4 Å². The van der Waals surface area contributed by atoms with Crippen LogP contribution in [-0.2, 0) is 0 Å². The maximum Gasteiger partial charge on any atom is 0.0727 e. The molecule has 2 N–H and O–H groups in total. The lowest BCUT2D eigenvalue weighted by Crippen LogP contribution is -2.37. The predicted molar refractivity (Wildman–Crippen MR) is 69.0 cm³/mol. The van der Waals surface area contributed by atoms with Crippen molar-refractivity contribution in [3.63, 3.8) is 0 Å². The molecular weight excluding hydrogens is 212 g/mol. The minimum Gasteiger partial charge on any atom is -0.393 e. The number of hydrogen-bond donors (Lipinski definition) is 1. The van der Waals surface area contributed by atoms with Gasteiger partial charge in [0.1, 0.15) is 0 Å². The smallest absolute Gasteiger partial charge is 0.0727 e. The van der Waals surface area contributed by atoms with E-state index in [0.717, 1.165) is 18.1 Å². The van der Waals surface area contributed by atoms with Gasteiger partial charge in [0.25, 0.3) is 0 Å². The lowest BCUT2D eigenvalue weighted by Gasteiger charge is -2.30. The molecule has 0 bridgehead atoms. The first-order valence-electron chi connectivity index (χ1n) is 5.31. The van der Waals surface area contributed by atoms with Crippen molar-refractivity contribution in [2.24, 2.45) is 5.73 Å². The molecule has 1 aliphatic heterocycles. The summed E-state index contributed by atoms with van der Waals surface area (Å²) < 4.78 is 0. The molecule has 0 amide bonds. The molecule has 4 heteroatoms. The Hall–Kier alpha value is 0.200. The van der Waals surface area contributed by atoms with Gasteiger partial charge in [0.2, 0.25) is 0 Å². The summed E-state index contributed by atoms with van der Waals surface area (Å²) in [5, 5.41) is 0.805. The van der Waals surface area contributed by atoms with Gasteiger partial charge in [0.05, 0.1) is 4.99 Å². The number of nitrogens with two attached hydrogens (primary N) is 1. The predicted octanol–water partition coefficient (Wildman–Crippen LogP) is 1.88. The van der Waals surface area contributed by atoms with Crippen LogP contribution in [0.25, 0.3) is 0 Å². The SMILES string of the molecule is CC1CN(CCCCC(N)=S)CCS1. The molecule has 1 atom stereocenters. The maximum atomic E-state index is 5.45. The summed E-state index contributed by atoms with van der Waals surface area (Å²) in [6, 6.07) is 0. The Balaban J connectivity index is 2.03. The molecule has 1 heterocycles. The van der Waals surface area contributed by atoms with Gasteiger partial charge in [0.15, 0.2) is 0 Å². The van der Waals surface area contributed by atoms with Crippen molar-refractivity contribution in [2.75, 3.05) is 25.4 Å². The number of unbranched alkanes of at least 4 members (excludes halogenated alkanes) is 1. The lowest BCUT2D eigenvalue weighted by molar-refractivity contribution is 0.281. The van der Waals surface area contributed by atoms with Gasteiger partial charge in [-0.15, -0.1) is 0 Å². The molecule has 1 aliphatic rings. The molecule has 2 nitrogen and oxygen atoms in total. The largest absolute Gasteiger partial charge is 0.393 e. The van der Waals surface area contributed by atoms with Crippen LogP contribution in [-0.4, -0.2) is 40.5 Å². The number of nitrogens with zero attached hydrogens (tertiary/aromatic N) is 1. The average Bonchev–Trinajstić information content (AvgIpc) is 2.12. The van der Waals surface area contributed by atoms with Crippen LogP contribution in [0.1, 0.15) is 26.2 Å². The van der Waals surface area contributed by atoms with Gasteiger partial charge in [-0.25, -0.2) is 0 Å². The van der Waals surface area contributed by atoms with Crippen LogP contribution in [0, 0.1) is 0 Å². The van der Waals surface area contributed by atoms with Gasteiger partial charge in [-0.05, 0) is 25.8 Å². The van der Waals surface area contributed by atoms with Gasteiger partial charge in [0, 0.05) is 24.1 Å². The fraction of sp³-hybridized carbons (Fsp3) is 0.900. The van der Waals surface area contributed by atoms with Crippen molar-refractivity contribution < 1.29 is 0 Å². The third-order valence-electron chi connectivity index (χ3n) is 2.47. The maximum absolute atomic E-state index is 5.45. The highest BCUT2D eigenvalue weighted by Crippen LogP contribution is 2.17. The third-order valence-corrected chi connectivity index (χ3v) is 3.81. The van der Waals surface area contributed by atoms with E-state index in [9.17, 15) is 0 Å². The normalized spacial score (nSPS) is 23.6. The molecule has 0 aromatic heterocycles. The summed E-state index contributed by atoms with van der Waals surface area (Å²) in [5.74, 6) is 1.29. The van der Waals surface area contributed by atoms with Crippen molar-refractivity contribution in [3.05, 3.63) is 0 Å². The summed E-state index contributed by atoms with van der Waals surface area (Å²) in [6.07, 6.45) is 3.29. The number of hydrogen-bond acceptors (Lipinski definition) is 3. The first kappa shape index (κ1) is 12.3. The molecule has 1 saturated heterocycles. The van der Waals surface area contributed by atoms with E-state index in [4.69, 9.17) is 18.0 Å². The van der Waals surface area contributed by atoms with Crippen LogP contribution < -0.4 is 5.73 Å². The number of thioether (sulfide) groups is 1. The minimum absolute atomic E-state index is 0.660. The zero-order valence-electron chi connectivity index (χ0n) is 8.87. The van der Waals surface area contributed by atoms with Crippen molar-refractivity contribution >= 4 is 29.0 Å².